The Labute approximate surface area is 121 Å². The molecule has 1 fully saturated rings. The summed E-state index contributed by atoms with van der Waals surface area (Å²) >= 11 is 0. The first-order valence-corrected chi connectivity index (χ1v) is 8.68. The van der Waals surface area contributed by atoms with Gasteiger partial charge in [0.2, 0.25) is 0 Å². The minimum atomic E-state index is 0.744. The largest absolute Gasteiger partial charge is 0.313 e. The Morgan fingerprint density at radius 1 is 1.16 bits per heavy atom. The first-order chi connectivity index (χ1) is 9.22. The Hall–Kier alpha value is -0.0800. The summed E-state index contributed by atoms with van der Waals surface area (Å²) in [4.78, 5) is 2.70. The summed E-state index contributed by atoms with van der Waals surface area (Å²) < 4.78 is 0. The van der Waals surface area contributed by atoms with E-state index in [1.807, 2.05) is 0 Å². The van der Waals surface area contributed by atoms with Gasteiger partial charge in [0, 0.05) is 12.6 Å². The maximum Gasteiger partial charge on any atom is 0.0194 e. The molecule has 0 amide bonds. The van der Waals surface area contributed by atoms with Gasteiger partial charge in [-0.05, 0) is 44.8 Å². The van der Waals surface area contributed by atoms with E-state index in [0.717, 1.165) is 12.0 Å². The van der Waals surface area contributed by atoms with Crippen LogP contribution in [0.2, 0.25) is 0 Å². The molecule has 0 aromatic heterocycles. The third-order valence-corrected chi connectivity index (χ3v) is 4.21. The Balaban J connectivity index is 2.06. The van der Waals surface area contributed by atoms with Crippen LogP contribution in [0.4, 0.5) is 0 Å². The van der Waals surface area contributed by atoms with E-state index in [1.54, 1.807) is 0 Å². The number of nitrogens with zero attached hydrogens (tertiary/aromatic N) is 1. The third kappa shape index (κ3) is 8.65. The number of rotatable bonds is 9. The number of unbranched alkanes of at least 4 members (excludes halogenated alkanes) is 3. The Morgan fingerprint density at radius 2 is 1.95 bits per heavy atom. The summed E-state index contributed by atoms with van der Waals surface area (Å²) in [7, 11) is 0. The fourth-order valence-electron chi connectivity index (χ4n) is 3.06. The Morgan fingerprint density at radius 3 is 2.68 bits per heavy atom. The summed E-state index contributed by atoms with van der Waals surface area (Å²) in [5.41, 5.74) is 0. The van der Waals surface area contributed by atoms with E-state index in [4.69, 9.17) is 0 Å². The van der Waals surface area contributed by atoms with Crippen LogP contribution >= 0.6 is 0 Å². The van der Waals surface area contributed by atoms with Crippen molar-refractivity contribution >= 4 is 0 Å². The summed E-state index contributed by atoms with van der Waals surface area (Å²) in [6, 6.07) is 0.744. The molecule has 2 nitrogen and oxygen atoms in total. The van der Waals surface area contributed by atoms with Crippen LogP contribution < -0.4 is 5.32 Å². The second kappa shape index (κ2) is 10.7. The molecule has 114 valence electrons. The summed E-state index contributed by atoms with van der Waals surface area (Å²) in [5.74, 6) is 0.881. The molecule has 1 rings (SSSR count). The lowest BCUT2D eigenvalue weighted by atomic mass is 10.0. The molecule has 1 aliphatic heterocycles. The molecule has 0 aromatic rings. The molecular weight excluding hydrogens is 232 g/mol. The molecule has 0 bridgehead atoms. The van der Waals surface area contributed by atoms with Crippen molar-refractivity contribution in [3.05, 3.63) is 0 Å². The van der Waals surface area contributed by atoms with Gasteiger partial charge in [-0.1, -0.05) is 52.9 Å². The lowest BCUT2D eigenvalue weighted by molar-refractivity contribution is 0.256. The molecule has 1 heterocycles. The average Bonchev–Trinajstić information content (AvgIpc) is 2.59. The normalized spacial score (nSPS) is 21.8. The molecule has 1 unspecified atom stereocenters. The van der Waals surface area contributed by atoms with E-state index >= 15 is 0 Å². The van der Waals surface area contributed by atoms with Crippen LogP contribution in [0.3, 0.4) is 0 Å². The zero-order chi connectivity index (χ0) is 13.9. The average molecular weight is 268 g/mol. The highest BCUT2D eigenvalue weighted by atomic mass is 15.2. The molecule has 0 radical (unpaired) electrons. The van der Waals surface area contributed by atoms with Crippen molar-refractivity contribution in [2.75, 3.05) is 26.2 Å². The van der Waals surface area contributed by atoms with Crippen molar-refractivity contribution in [1.29, 1.82) is 0 Å². The molecule has 0 saturated carbocycles. The monoisotopic (exact) mass is 268 g/mol. The van der Waals surface area contributed by atoms with Gasteiger partial charge in [-0.3, -0.25) is 0 Å². The van der Waals surface area contributed by atoms with Gasteiger partial charge in [-0.15, -0.1) is 0 Å². The molecule has 0 aromatic carbocycles. The van der Waals surface area contributed by atoms with E-state index in [-0.39, 0.29) is 0 Å². The number of hydrogen-bond acceptors (Lipinski definition) is 2. The highest BCUT2D eigenvalue weighted by Gasteiger charge is 2.16. The first kappa shape index (κ1) is 17.0. The SMILES string of the molecule is CCCC1CN(CCCCCCC(C)C)CCCN1. The van der Waals surface area contributed by atoms with Gasteiger partial charge >= 0.3 is 0 Å². The Kier molecular flexibility index (Phi) is 9.54. The smallest absolute Gasteiger partial charge is 0.0194 e. The van der Waals surface area contributed by atoms with Crippen LogP contribution in [0.15, 0.2) is 0 Å². The minimum absolute atomic E-state index is 0.744. The van der Waals surface area contributed by atoms with Gasteiger partial charge in [0.05, 0.1) is 0 Å². The predicted molar refractivity (Wildman–Crippen MR) is 85.7 cm³/mol. The van der Waals surface area contributed by atoms with Crippen molar-refractivity contribution in [3.63, 3.8) is 0 Å². The van der Waals surface area contributed by atoms with Crippen LogP contribution in [0.5, 0.6) is 0 Å². The first-order valence-electron chi connectivity index (χ1n) is 8.68. The minimum Gasteiger partial charge on any atom is -0.313 e. The van der Waals surface area contributed by atoms with Gasteiger partial charge in [0.25, 0.3) is 0 Å². The van der Waals surface area contributed by atoms with Crippen molar-refractivity contribution in [2.24, 2.45) is 5.92 Å². The van der Waals surface area contributed by atoms with Crippen molar-refractivity contribution in [2.45, 2.75) is 78.2 Å². The van der Waals surface area contributed by atoms with Gasteiger partial charge in [-0.2, -0.15) is 0 Å². The second-order valence-corrected chi connectivity index (χ2v) is 6.69. The van der Waals surface area contributed by atoms with Crippen LogP contribution in [0, 0.1) is 5.92 Å². The fourth-order valence-corrected chi connectivity index (χ4v) is 3.06. The molecule has 0 spiro atoms. The summed E-state index contributed by atoms with van der Waals surface area (Å²) in [6.07, 6.45) is 11.1. The topological polar surface area (TPSA) is 15.3 Å². The molecule has 1 saturated heterocycles. The maximum atomic E-state index is 3.69. The standard InChI is InChI=1S/C17H36N2/c1-4-10-17-15-19(14-9-12-18-17)13-8-6-5-7-11-16(2)3/h16-18H,4-15H2,1-3H3. The molecular formula is C17H36N2. The Bertz CT molecular complexity index is 203. The molecule has 1 atom stereocenters. The molecule has 1 N–H and O–H groups in total. The van der Waals surface area contributed by atoms with Crippen LogP contribution in [-0.2, 0) is 0 Å². The second-order valence-electron chi connectivity index (χ2n) is 6.69. The quantitative estimate of drug-likeness (QED) is 0.635. The van der Waals surface area contributed by atoms with Crippen LogP contribution in [0.1, 0.15) is 72.1 Å². The molecule has 1 aliphatic rings. The maximum absolute atomic E-state index is 3.69. The van der Waals surface area contributed by atoms with E-state index in [1.165, 1.54) is 77.5 Å². The van der Waals surface area contributed by atoms with Gasteiger partial charge in [0.1, 0.15) is 0 Å². The lowest BCUT2D eigenvalue weighted by Crippen LogP contribution is -2.37. The van der Waals surface area contributed by atoms with Gasteiger partial charge < -0.3 is 10.2 Å². The summed E-state index contributed by atoms with van der Waals surface area (Å²) in [5, 5.41) is 3.69. The zero-order valence-corrected chi connectivity index (χ0v) is 13.6. The molecule has 0 aliphatic carbocycles. The predicted octanol–water partition coefficient (Wildman–Crippen LogP) is 4.06. The molecule has 2 heteroatoms. The van der Waals surface area contributed by atoms with Gasteiger partial charge in [0.15, 0.2) is 0 Å². The zero-order valence-electron chi connectivity index (χ0n) is 13.6. The highest BCUT2D eigenvalue weighted by Crippen LogP contribution is 2.11. The summed E-state index contributed by atoms with van der Waals surface area (Å²) in [6.45, 7) is 12.1. The van der Waals surface area contributed by atoms with Crippen molar-refractivity contribution in [3.8, 4) is 0 Å². The van der Waals surface area contributed by atoms with Crippen LogP contribution in [-0.4, -0.2) is 37.1 Å². The number of nitrogens with one attached hydrogen (secondary N) is 1. The van der Waals surface area contributed by atoms with Crippen molar-refractivity contribution < 1.29 is 0 Å². The van der Waals surface area contributed by atoms with Crippen molar-refractivity contribution in [1.82, 2.24) is 10.2 Å². The highest BCUT2D eigenvalue weighted by molar-refractivity contribution is 4.76. The lowest BCUT2D eigenvalue weighted by Gasteiger charge is -2.24. The van der Waals surface area contributed by atoms with Gasteiger partial charge in [-0.25, -0.2) is 0 Å². The van der Waals surface area contributed by atoms with E-state index in [2.05, 4.69) is 31.0 Å². The molecule has 19 heavy (non-hydrogen) atoms. The van der Waals surface area contributed by atoms with E-state index in [0.29, 0.717) is 0 Å². The third-order valence-electron chi connectivity index (χ3n) is 4.21. The number of hydrogen-bond donors (Lipinski definition) is 1. The van der Waals surface area contributed by atoms with Crippen LogP contribution in [0.25, 0.3) is 0 Å². The fraction of sp³-hybridized carbons (Fsp3) is 1.00. The van der Waals surface area contributed by atoms with E-state index < -0.39 is 0 Å². The van der Waals surface area contributed by atoms with E-state index in [9.17, 15) is 0 Å².